The summed E-state index contributed by atoms with van der Waals surface area (Å²) in [5.41, 5.74) is 2.75. The molecule has 40 heavy (non-hydrogen) atoms. The van der Waals surface area contributed by atoms with E-state index in [2.05, 4.69) is 16.4 Å². The third-order valence-corrected chi connectivity index (χ3v) is 7.47. The Morgan fingerprint density at radius 2 is 1.90 bits per heavy atom. The molecule has 1 aliphatic heterocycles. The number of amides is 3. The molecule has 3 atom stereocenters. The number of aromatic amines is 1. The molecule has 1 saturated heterocycles. The fraction of sp³-hybridized carbons (Fsp3) is 0.438. The van der Waals surface area contributed by atoms with Crippen LogP contribution in [0.15, 0.2) is 42.5 Å². The number of aryl methyl sites for hydroxylation is 1. The van der Waals surface area contributed by atoms with Gasteiger partial charge in [-0.25, -0.2) is 0 Å². The number of hydrogen-bond donors (Lipinski definition) is 2. The molecular weight excluding hydrogens is 502 g/mol. The molecule has 0 bridgehead atoms. The number of anilines is 1. The number of aromatic nitrogens is 1. The lowest BCUT2D eigenvalue weighted by Gasteiger charge is -2.33. The third kappa shape index (κ3) is 6.53. The molecule has 1 aromatic heterocycles. The SMILES string of the molecule is C/C=C\c1cc(C(=O)N(C)[C@@H](CC(C)C)C(=O)N2C[C@@](C)(C(=O)Nc3ccccc3C)C[C@H]2C#N)[nH]c1/C=C\C. The summed E-state index contributed by atoms with van der Waals surface area (Å²) in [4.78, 5) is 47.2. The van der Waals surface area contributed by atoms with Crippen molar-refractivity contribution in [1.82, 2.24) is 14.8 Å². The van der Waals surface area contributed by atoms with Gasteiger partial charge in [0.05, 0.1) is 11.5 Å². The van der Waals surface area contributed by atoms with Gasteiger partial charge in [0.2, 0.25) is 11.8 Å². The van der Waals surface area contributed by atoms with E-state index in [1.165, 1.54) is 9.80 Å². The molecule has 0 aliphatic carbocycles. The highest BCUT2D eigenvalue weighted by Gasteiger charge is 2.49. The van der Waals surface area contributed by atoms with Crippen LogP contribution >= 0.6 is 0 Å². The number of likely N-dealkylation sites (N-methyl/N-ethyl adjacent to an activating group) is 1. The first-order chi connectivity index (χ1) is 18.9. The van der Waals surface area contributed by atoms with Gasteiger partial charge in [0.1, 0.15) is 17.8 Å². The molecule has 3 rings (SSSR count). The van der Waals surface area contributed by atoms with Crippen LogP contribution < -0.4 is 5.32 Å². The van der Waals surface area contributed by atoms with Crippen LogP contribution in [0.4, 0.5) is 5.69 Å². The van der Waals surface area contributed by atoms with E-state index < -0.39 is 17.5 Å². The topological polar surface area (TPSA) is 109 Å². The van der Waals surface area contributed by atoms with Gasteiger partial charge in [0.15, 0.2) is 0 Å². The van der Waals surface area contributed by atoms with Crippen LogP contribution in [0.5, 0.6) is 0 Å². The fourth-order valence-electron chi connectivity index (χ4n) is 5.20. The number of para-hydroxylation sites is 1. The molecular formula is C32H41N5O3. The summed E-state index contributed by atoms with van der Waals surface area (Å²) in [6.07, 6.45) is 8.25. The number of allylic oxidation sites excluding steroid dienone is 2. The number of nitrogens with one attached hydrogen (secondary N) is 2. The van der Waals surface area contributed by atoms with Gasteiger partial charge in [-0.05, 0) is 75.8 Å². The average molecular weight is 544 g/mol. The van der Waals surface area contributed by atoms with Crippen molar-refractivity contribution in [3.05, 3.63) is 65.0 Å². The van der Waals surface area contributed by atoms with Gasteiger partial charge in [-0.1, -0.05) is 50.3 Å². The summed E-state index contributed by atoms with van der Waals surface area (Å²) in [5.74, 6) is -0.754. The molecule has 2 N–H and O–H groups in total. The quantitative estimate of drug-likeness (QED) is 0.426. The van der Waals surface area contributed by atoms with Crippen molar-refractivity contribution < 1.29 is 14.4 Å². The number of nitriles is 1. The first-order valence-electron chi connectivity index (χ1n) is 13.8. The summed E-state index contributed by atoms with van der Waals surface area (Å²) in [6, 6.07) is 9.95. The van der Waals surface area contributed by atoms with Crippen molar-refractivity contribution >= 4 is 35.6 Å². The minimum absolute atomic E-state index is 0.0950. The van der Waals surface area contributed by atoms with Crippen molar-refractivity contribution in [1.29, 1.82) is 5.26 Å². The lowest BCUT2D eigenvalue weighted by molar-refractivity contribution is -0.137. The van der Waals surface area contributed by atoms with E-state index >= 15 is 0 Å². The van der Waals surface area contributed by atoms with Crippen LogP contribution in [-0.2, 0) is 9.59 Å². The summed E-state index contributed by atoms with van der Waals surface area (Å²) >= 11 is 0. The second-order valence-corrected chi connectivity index (χ2v) is 11.3. The highest BCUT2D eigenvalue weighted by atomic mass is 16.2. The Labute approximate surface area is 237 Å². The van der Waals surface area contributed by atoms with Gasteiger partial charge in [-0.2, -0.15) is 5.26 Å². The zero-order valence-corrected chi connectivity index (χ0v) is 24.6. The number of carbonyl (C=O) groups excluding carboxylic acids is 3. The normalized spacial score (nSPS) is 19.8. The lowest BCUT2D eigenvalue weighted by Crippen LogP contribution is -2.51. The van der Waals surface area contributed by atoms with E-state index in [1.54, 1.807) is 20.0 Å². The smallest absolute Gasteiger partial charge is 0.270 e. The van der Waals surface area contributed by atoms with Crippen LogP contribution in [0, 0.1) is 29.6 Å². The largest absolute Gasteiger partial charge is 0.351 e. The number of carbonyl (C=O) groups is 3. The van der Waals surface area contributed by atoms with E-state index in [0.717, 1.165) is 16.8 Å². The molecule has 1 aromatic carbocycles. The molecule has 212 valence electrons. The molecule has 0 unspecified atom stereocenters. The molecule has 8 heteroatoms. The molecule has 2 aromatic rings. The number of nitrogens with zero attached hydrogens (tertiary/aromatic N) is 3. The average Bonchev–Trinajstić information content (AvgIpc) is 3.49. The van der Waals surface area contributed by atoms with E-state index in [0.29, 0.717) is 17.8 Å². The molecule has 0 spiro atoms. The maximum absolute atomic E-state index is 14.0. The maximum Gasteiger partial charge on any atom is 0.270 e. The van der Waals surface area contributed by atoms with Gasteiger partial charge in [0, 0.05) is 25.0 Å². The Balaban J connectivity index is 1.88. The number of benzene rings is 1. The molecule has 0 saturated carbocycles. The molecule has 3 amide bonds. The highest BCUT2D eigenvalue weighted by molar-refractivity contribution is 5.99. The van der Waals surface area contributed by atoms with Crippen molar-refractivity contribution in [2.24, 2.45) is 11.3 Å². The lowest BCUT2D eigenvalue weighted by atomic mass is 9.86. The number of likely N-dealkylation sites (tertiary alicyclic amines) is 1. The summed E-state index contributed by atoms with van der Waals surface area (Å²) in [7, 11) is 1.63. The predicted molar refractivity (Wildman–Crippen MR) is 159 cm³/mol. The first kappa shape index (κ1) is 30.4. The van der Waals surface area contributed by atoms with Crippen molar-refractivity contribution in [2.45, 2.75) is 66.5 Å². The standard InChI is InChI=1S/C32H41N5O3/c1-8-12-23-17-27(34-26(23)13-9-2)29(38)36(7)28(16-21(3)4)30(39)37-20-32(6,18-24(37)19-33)31(40)35-25-15-11-10-14-22(25)5/h8-15,17,21,24,28,34H,16,18,20H2,1-7H3,(H,35,40)/b12-8-,13-9-/t24-,28-,32-/m0/s1. The van der Waals surface area contributed by atoms with Crippen molar-refractivity contribution in [2.75, 3.05) is 18.9 Å². The van der Waals surface area contributed by atoms with E-state index in [-0.39, 0.29) is 36.6 Å². The van der Waals surface area contributed by atoms with Crippen LogP contribution in [0.1, 0.15) is 74.8 Å². The van der Waals surface area contributed by atoms with Crippen LogP contribution in [-0.4, -0.2) is 58.2 Å². The minimum Gasteiger partial charge on any atom is -0.351 e. The zero-order chi connectivity index (χ0) is 29.6. The number of hydrogen-bond acceptors (Lipinski definition) is 4. The molecule has 0 radical (unpaired) electrons. The molecule has 8 nitrogen and oxygen atoms in total. The Bertz CT molecular complexity index is 1320. The monoisotopic (exact) mass is 543 g/mol. The first-order valence-corrected chi connectivity index (χ1v) is 13.8. The minimum atomic E-state index is -0.953. The second-order valence-electron chi connectivity index (χ2n) is 11.3. The van der Waals surface area contributed by atoms with Gasteiger partial charge in [0.25, 0.3) is 5.91 Å². The van der Waals surface area contributed by atoms with Gasteiger partial charge in [-0.3, -0.25) is 14.4 Å². The molecule has 1 fully saturated rings. The van der Waals surface area contributed by atoms with Crippen LogP contribution in [0.2, 0.25) is 0 Å². The number of H-pyrrole nitrogens is 1. The fourth-order valence-corrected chi connectivity index (χ4v) is 5.20. The highest BCUT2D eigenvalue weighted by Crippen LogP contribution is 2.37. The Kier molecular flexibility index (Phi) is 9.75. The summed E-state index contributed by atoms with van der Waals surface area (Å²) in [6.45, 7) is 11.6. The van der Waals surface area contributed by atoms with Crippen LogP contribution in [0.3, 0.4) is 0 Å². The van der Waals surface area contributed by atoms with Gasteiger partial charge in [-0.15, -0.1) is 0 Å². The van der Waals surface area contributed by atoms with E-state index in [1.807, 2.05) is 83.2 Å². The Morgan fingerprint density at radius 1 is 1.23 bits per heavy atom. The van der Waals surface area contributed by atoms with Gasteiger partial charge >= 0.3 is 0 Å². The Morgan fingerprint density at radius 3 is 2.50 bits per heavy atom. The molecule has 1 aliphatic rings. The van der Waals surface area contributed by atoms with E-state index in [4.69, 9.17) is 0 Å². The Hall–Kier alpha value is -4.12. The van der Waals surface area contributed by atoms with E-state index in [9.17, 15) is 19.6 Å². The second kappa shape index (κ2) is 12.8. The predicted octanol–water partition coefficient (Wildman–Crippen LogP) is 5.65. The van der Waals surface area contributed by atoms with Crippen molar-refractivity contribution in [3.8, 4) is 6.07 Å². The van der Waals surface area contributed by atoms with Crippen LogP contribution in [0.25, 0.3) is 12.2 Å². The third-order valence-electron chi connectivity index (χ3n) is 7.47. The van der Waals surface area contributed by atoms with Crippen molar-refractivity contribution in [3.63, 3.8) is 0 Å². The van der Waals surface area contributed by atoms with Gasteiger partial charge < -0.3 is 20.1 Å². The molecule has 2 heterocycles. The summed E-state index contributed by atoms with van der Waals surface area (Å²) < 4.78 is 0. The maximum atomic E-state index is 14.0. The zero-order valence-electron chi connectivity index (χ0n) is 24.6. The summed E-state index contributed by atoms with van der Waals surface area (Å²) in [5, 5.41) is 13.0. The number of rotatable bonds is 9.